The average Bonchev–Trinajstić information content (AvgIpc) is 3.52. The molecule has 1 aliphatic carbocycles. The predicted molar refractivity (Wildman–Crippen MR) is 104 cm³/mol. The van der Waals surface area contributed by atoms with Crippen LogP contribution in [0.4, 0.5) is 0 Å². The van der Waals surface area contributed by atoms with Gasteiger partial charge in [0.15, 0.2) is 0 Å². The number of hydrogen-bond donors (Lipinski definition) is 0. The number of carbonyl (C=O) groups is 1. The highest BCUT2D eigenvalue weighted by Gasteiger charge is 2.31. The van der Waals surface area contributed by atoms with Gasteiger partial charge in [-0.1, -0.05) is 42.5 Å². The van der Waals surface area contributed by atoms with Crippen molar-refractivity contribution >= 4 is 5.91 Å². The highest BCUT2D eigenvalue weighted by Crippen LogP contribution is 2.28. The second-order valence-corrected chi connectivity index (χ2v) is 6.88. The number of hydrogen-bond acceptors (Lipinski definition) is 3. The van der Waals surface area contributed by atoms with Crippen LogP contribution >= 0.6 is 0 Å². The van der Waals surface area contributed by atoms with Crippen molar-refractivity contribution in [3.63, 3.8) is 0 Å². The van der Waals surface area contributed by atoms with Crippen LogP contribution in [-0.4, -0.2) is 41.9 Å². The zero-order chi connectivity index (χ0) is 18.4. The molecule has 0 N–H and O–H groups in total. The maximum absolute atomic E-state index is 12.9. The van der Waals surface area contributed by atoms with E-state index in [9.17, 15) is 4.79 Å². The van der Waals surface area contributed by atoms with Crippen LogP contribution in [-0.2, 0) is 17.9 Å². The molecule has 0 aliphatic heterocycles. The molecule has 1 saturated carbocycles. The molecule has 138 valence electrons. The van der Waals surface area contributed by atoms with E-state index >= 15 is 0 Å². The molecule has 2 aromatic carbocycles. The third-order valence-corrected chi connectivity index (χ3v) is 4.90. The van der Waals surface area contributed by atoms with Crippen molar-refractivity contribution in [3.8, 4) is 5.75 Å². The van der Waals surface area contributed by atoms with E-state index in [1.807, 2.05) is 42.2 Å². The van der Waals surface area contributed by atoms with Crippen LogP contribution in [0.3, 0.4) is 0 Å². The zero-order valence-corrected chi connectivity index (χ0v) is 15.7. The number of likely N-dealkylation sites (N-methyl/N-ethyl adjacent to an activating group) is 1. The molecule has 0 saturated heterocycles. The van der Waals surface area contributed by atoms with E-state index in [1.165, 1.54) is 24.0 Å². The molecule has 4 heteroatoms. The van der Waals surface area contributed by atoms with E-state index < -0.39 is 0 Å². The summed E-state index contributed by atoms with van der Waals surface area (Å²) < 4.78 is 5.23. The van der Waals surface area contributed by atoms with Gasteiger partial charge in [-0.25, -0.2) is 0 Å². The zero-order valence-electron chi connectivity index (χ0n) is 15.7. The number of amides is 1. The summed E-state index contributed by atoms with van der Waals surface area (Å²) in [4.78, 5) is 17.1. The van der Waals surface area contributed by atoms with Gasteiger partial charge in [-0.3, -0.25) is 9.69 Å². The van der Waals surface area contributed by atoms with Crippen LogP contribution in [0.5, 0.6) is 5.75 Å². The molecule has 0 atom stereocenters. The van der Waals surface area contributed by atoms with Gasteiger partial charge in [0.25, 0.3) is 0 Å². The van der Waals surface area contributed by atoms with Crippen LogP contribution in [0.1, 0.15) is 30.9 Å². The lowest BCUT2D eigenvalue weighted by molar-refractivity contribution is -0.133. The van der Waals surface area contributed by atoms with E-state index in [2.05, 4.69) is 29.2 Å². The fraction of sp³-hybridized carbons (Fsp3) is 0.409. The Balaban J connectivity index is 1.61. The minimum Gasteiger partial charge on any atom is -0.497 e. The Bertz CT molecular complexity index is 696. The van der Waals surface area contributed by atoms with Crippen LogP contribution in [0.15, 0.2) is 54.6 Å². The number of rotatable bonds is 9. The summed E-state index contributed by atoms with van der Waals surface area (Å²) in [5.41, 5.74) is 2.40. The van der Waals surface area contributed by atoms with Crippen molar-refractivity contribution in [1.82, 2.24) is 9.80 Å². The molecule has 0 radical (unpaired) electrons. The maximum atomic E-state index is 12.9. The van der Waals surface area contributed by atoms with Crippen molar-refractivity contribution in [2.75, 3.05) is 20.2 Å². The Morgan fingerprint density at radius 2 is 1.65 bits per heavy atom. The van der Waals surface area contributed by atoms with Gasteiger partial charge in [0, 0.05) is 25.7 Å². The summed E-state index contributed by atoms with van der Waals surface area (Å²) in [7, 11) is 1.68. The first kappa shape index (κ1) is 18.5. The summed E-state index contributed by atoms with van der Waals surface area (Å²) in [6.45, 7) is 4.75. The molecular formula is C22H28N2O2. The minimum atomic E-state index is 0.205. The molecule has 3 rings (SSSR count). The fourth-order valence-corrected chi connectivity index (χ4v) is 3.17. The molecule has 26 heavy (non-hydrogen) atoms. The molecule has 0 bridgehead atoms. The average molecular weight is 352 g/mol. The number of carbonyl (C=O) groups excluding carboxylic acids is 1. The first-order valence-electron chi connectivity index (χ1n) is 9.38. The molecule has 0 spiro atoms. The molecule has 1 amide bonds. The third-order valence-electron chi connectivity index (χ3n) is 4.90. The van der Waals surface area contributed by atoms with E-state index in [0.29, 0.717) is 19.1 Å². The lowest BCUT2D eigenvalue weighted by Crippen LogP contribution is -2.40. The maximum Gasteiger partial charge on any atom is 0.237 e. The summed E-state index contributed by atoms with van der Waals surface area (Å²) in [6.07, 6.45) is 2.38. The molecule has 0 heterocycles. The first-order chi connectivity index (χ1) is 12.7. The summed E-state index contributed by atoms with van der Waals surface area (Å²) >= 11 is 0. The Labute approximate surface area is 156 Å². The number of benzene rings is 2. The van der Waals surface area contributed by atoms with Gasteiger partial charge in [-0.15, -0.1) is 0 Å². The smallest absolute Gasteiger partial charge is 0.237 e. The van der Waals surface area contributed by atoms with Gasteiger partial charge in [-0.05, 0) is 43.0 Å². The fourth-order valence-electron chi connectivity index (χ4n) is 3.17. The Morgan fingerprint density at radius 1 is 1.00 bits per heavy atom. The molecule has 0 aromatic heterocycles. The first-order valence-corrected chi connectivity index (χ1v) is 9.38. The second kappa shape index (κ2) is 8.86. The van der Waals surface area contributed by atoms with E-state index in [1.54, 1.807) is 7.11 Å². The van der Waals surface area contributed by atoms with Crippen molar-refractivity contribution in [2.45, 2.75) is 38.9 Å². The van der Waals surface area contributed by atoms with Crippen molar-refractivity contribution in [1.29, 1.82) is 0 Å². The van der Waals surface area contributed by atoms with E-state index in [0.717, 1.165) is 18.8 Å². The monoisotopic (exact) mass is 352 g/mol. The highest BCUT2D eigenvalue weighted by atomic mass is 16.5. The largest absolute Gasteiger partial charge is 0.497 e. The summed E-state index contributed by atoms with van der Waals surface area (Å²) in [6, 6.07) is 18.9. The number of nitrogens with zero attached hydrogens (tertiary/aromatic N) is 2. The normalized spacial score (nSPS) is 13.7. The Morgan fingerprint density at radius 3 is 2.23 bits per heavy atom. The van der Waals surface area contributed by atoms with Crippen LogP contribution in [0, 0.1) is 0 Å². The van der Waals surface area contributed by atoms with Crippen LogP contribution in [0.25, 0.3) is 0 Å². The summed E-state index contributed by atoms with van der Waals surface area (Å²) in [5.74, 6) is 1.07. The Kier molecular flexibility index (Phi) is 6.29. The van der Waals surface area contributed by atoms with Crippen molar-refractivity contribution in [3.05, 3.63) is 65.7 Å². The summed E-state index contributed by atoms with van der Waals surface area (Å²) in [5, 5.41) is 0. The van der Waals surface area contributed by atoms with Crippen molar-refractivity contribution < 1.29 is 9.53 Å². The molecule has 1 fully saturated rings. The standard InChI is InChI=1S/C22H28N2O2/c1-3-23(15-18-7-5-4-6-8-18)22(25)17-24(20-11-12-20)16-19-9-13-21(26-2)14-10-19/h4-10,13-14,20H,3,11-12,15-17H2,1-2H3. The highest BCUT2D eigenvalue weighted by molar-refractivity contribution is 5.78. The SMILES string of the molecule is CCN(Cc1ccccc1)C(=O)CN(Cc1ccc(OC)cc1)C1CC1. The number of ether oxygens (including phenoxy) is 1. The van der Waals surface area contributed by atoms with Crippen molar-refractivity contribution in [2.24, 2.45) is 0 Å². The minimum absolute atomic E-state index is 0.205. The molecule has 4 nitrogen and oxygen atoms in total. The lowest BCUT2D eigenvalue weighted by Gasteiger charge is -2.27. The Hall–Kier alpha value is -2.33. The lowest BCUT2D eigenvalue weighted by atomic mass is 10.2. The molecular weight excluding hydrogens is 324 g/mol. The van der Waals surface area contributed by atoms with Gasteiger partial charge in [-0.2, -0.15) is 0 Å². The third kappa shape index (κ3) is 5.09. The van der Waals surface area contributed by atoms with Crippen LogP contribution < -0.4 is 4.74 Å². The van der Waals surface area contributed by atoms with E-state index in [4.69, 9.17) is 4.74 Å². The van der Waals surface area contributed by atoms with Gasteiger partial charge in [0.1, 0.15) is 5.75 Å². The number of methoxy groups -OCH3 is 1. The van der Waals surface area contributed by atoms with E-state index in [-0.39, 0.29) is 5.91 Å². The van der Waals surface area contributed by atoms with Gasteiger partial charge >= 0.3 is 0 Å². The van der Waals surface area contributed by atoms with Gasteiger partial charge in [0.05, 0.1) is 13.7 Å². The second-order valence-electron chi connectivity index (χ2n) is 6.88. The molecule has 0 unspecified atom stereocenters. The topological polar surface area (TPSA) is 32.8 Å². The quantitative estimate of drug-likeness (QED) is 0.690. The van der Waals surface area contributed by atoms with Gasteiger partial charge in [0.2, 0.25) is 5.91 Å². The van der Waals surface area contributed by atoms with Crippen LogP contribution in [0.2, 0.25) is 0 Å². The predicted octanol–water partition coefficient (Wildman–Crippen LogP) is 3.71. The molecule has 2 aromatic rings. The van der Waals surface area contributed by atoms with Gasteiger partial charge < -0.3 is 9.64 Å². The molecule has 1 aliphatic rings.